The minimum Gasteiger partial charge on any atom is -0.323 e. The third-order valence-electron chi connectivity index (χ3n) is 5.12. The van der Waals surface area contributed by atoms with Crippen LogP contribution in [0.25, 0.3) is 10.8 Å². The first-order valence-corrected chi connectivity index (χ1v) is 9.51. The van der Waals surface area contributed by atoms with Gasteiger partial charge in [-0.15, -0.1) is 0 Å². The Morgan fingerprint density at radius 2 is 1.86 bits per heavy atom. The molecule has 4 rings (SSSR count). The number of amides is 3. The predicted molar refractivity (Wildman–Crippen MR) is 112 cm³/mol. The van der Waals surface area contributed by atoms with Crippen molar-refractivity contribution in [3.05, 3.63) is 72.3 Å². The molecule has 0 radical (unpaired) electrons. The topological polar surface area (TPSA) is 52.7 Å². The Bertz CT molecular complexity index is 1030. The molecule has 0 saturated carbocycles. The number of benzene rings is 3. The van der Waals surface area contributed by atoms with Gasteiger partial charge < -0.3 is 15.1 Å². The lowest BCUT2D eigenvalue weighted by Crippen LogP contribution is -2.31. The fourth-order valence-corrected chi connectivity index (χ4v) is 3.65. The normalized spacial score (nSPS) is 13.8. The average molecular weight is 373 g/mol. The fraction of sp³-hybridized carbons (Fsp3) is 0.217. The summed E-state index contributed by atoms with van der Waals surface area (Å²) in [5.74, 6) is 0.136. The zero-order valence-corrected chi connectivity index (χ0v) is 15.9. The molecule has 5 nitrogen and oxygen atoms in total. The third kappa shape index (κ3) is 3.69. The number of anilines is 2. The minimum atomic E-state index is -0.183. The van der Waals surface area contributed by atoms with Crippen molar-refractivity contribution in [1.29, 1.82) is 0 Å². The van der Waals surface area contributed by atoms with Gasteiger partial charge in [0.15, 0.2) is 0 Å². The van der Waals surface area contributed by atoms with E-state index in [1.807, 2.05) is 48.5 Å². The van der Waals surface area contributed by atoms with E-state index in [1.165, 1.54) is 0 Å². The summed E-state index contributed by atoms with van der Waals surface area (Å²) in [4.78, 5) is 28.1. The van der Waals surface area contributed by atoms with Crippen molar-refractivity contribution in [1.82, 2.24) is 4.90 Å². The molecule has 142 valence electrons. The van der Waals surface area contributed by atoms with Gasteiger partial charge >= 0.3 is 6.03 Å². The largest absolute Gasteiger partial charge is 0.323 e. The van der Waals surface area contributed by atoms with Gasteiger partial charge in [-0.3, -0.25) is 4.79 Å². The number of nitrogens with zero attached hydrogens (tertiary/aromatic N) is 2. The summed E-state index contributed by atoms with van der Waals surface area (Å²) in [5, 5.41) is 5.25. The number of hydrogen-bond donors (Lipinski definition) is 1. The molecule has 0 unspecified atom stereocenters. The van der Waals surface area contributed by atoms with Crippen LogP contribution in [0.2, 0.25) is 0 Å². The number of carbonyl (C=O) groups excluding carboxylic acids is 2. The molecule has 0 bridgehead atoms. The number of rotatable bonds is 4. The molecule has 0 atom stereocenters. The highest BCUT2D eigenvalue weighted by Gasteiger charge is 2.22. The summed E-state index contributed by atoms with van der Waals surface area (Å²) < 4.78 is 0. The highest BCUT2D eigenvalue weighted by atomic mass is 16.2. The first kappa shape index (κ1) is 18.0. The third-order valence-corrected chi connectivity index (χ3v) is 5.12. The SMILES string of the molecule is CN(Cc1cccc2ccccc12)C(=O)Nc1cccc(N2CCCC2=O)c1. The van der Waals surface area contributed by atoms with Gasteiger partial charge in [-0.25, -0.2) is 4.79 Å². The Balaban J connectivity index is 1.47. The van der Waals surface area contributed by atoms with Crippen molar-refractivity contribution >= 4 is 34.1 Å². The lowest BCUT2D eigenvalue weighted by Gasteiger charge is -2.20. The Labute approximate surface area is 164 Å². The summed E-state index contributed by atoms with van der Waals surface area (Å²) in [6.07, 6.45) is 1.47. The van der Waals surface area contributed by atoms with Crippen molar-refractivity contribution in [2.45, 2.75) is 19.4 Å². The summed E-state index contributed by atoms with van der Waals surface area (Å²) in [5.41, 5.74) is 2.62. The van der Waals surface area contributed by atoms with Gasteiger partial charge in [-0.05, 0) is 41.0 Å². The number of carbonyl (C=O) groups is 2. The molecule has 3 aromatic rings. The van der Waals surface area contributed by atoms with E-state index in [4.69, 9.17) is 0 Å². The smallest absolute Gasteiger partial charge is 0.321 e. The highest BCUT2D eigenvalue weighted by molar-refractivity contribution is 5.97. The van der Waals surface area contributed by atoms with E-state index in [0.29, 0.717) is 18.7 Å². The Hall–Kier alpha value is -3.34. The van der Waals surface area contributed by atoms with Crippen LogP contribution in [0.4, 0.5) is 16.2 Å². The van der Waals surface area contributed by atoms with Gasteiger partial charge in [0.1, 0.15) is 0 Å². The predicted octanol–water partition coefficient (Wildman–Crippen LogP) is 4.63. The van der Waals surface area contributed by atoms with E-state index in [0.717, 1.165) is 35.0 Å². The standard InChI is InChI=1S/C23H23N3O2/c1-25(16-18-9-4-8-17-7-2-3-12-21(17)18)23(28)24-19-10-5-11-20(15-19)26-14-6-13-22(26)27/h2-5,7-12,15H,6,13-14,16H2,1H3,(H,24,28). The molecule has 1 heterocycles. The molecule has 1 fully saturated rings. The second kappa shape index (κ2) is 7.72. The maximum absolute atomic E-state index is 12.7. The van der Waals surface area contributed by atoms with E-state index in [1.54, 1.807) is 16.8 Å². The Morgan fingerprint density at radius 3 is 2.68 bits per heavy atom. The van der Waals surface area contributed by atoms with Gasteiger partial charge in [0.25, 0.3) is 0 Å². The van der Waals surface area contributed by atoms with Crippen molar-refractivity contribution < 1.29 is 9.59 Å². The average Bonchev–Trinajstić information content (AvgIpc) is 3.14. The van der Waals surface area contributed by atoms with Gasteiger partial charge in [-0.1, -0.05) is 48.5 Å². The van der Waals surface area contributed by atoms with Crippen molar-refractivity contribution in [3.8, 4) is 0 Å². The zero-order valence-electron chi connectivity index (χ0n) is 15.9. The lowest BCUT2D eigenvalue weighted by molar-refractivity contribution is -0.117. The molecule has 1 N–H and O–H groups in total. The van der Waals surface area contributed by atoms with Gasteiger partial charge in [-0.2, -0.15) is 0 Å². The molecule has 0 aromatic heterocycles. The highest BCUT2D eigenvalue weighted by Crippen LogP contribution is 2.25. The number of hydrogen-bond acceptors (Lipinski definition) is 2. The quantitative estimate of drug-likeness (QED) is 0.725. The first-order chi connectivity index (χ1) is 13.6. The maximum atomic E-state index is 12.7. The second-order valence-corrected chi connectivity index (χ2v) is 7.12. The van der Waals surface area contributed by atoms with E-state index >= 15 is 0 Å². The van der Waals surface area contributed by atoms with Gasteiger partial charge in [0.05, 0.1) is 0 Å². The van der Waals surface area contributed by atoms with Gasteiger partial charge in [0.2, 0.25) is 5.91 Å². The van der Waals surface area contributed by atoms with E-state index in [2.05, 4.69) is 23.5 Å². The number of nitrogens with one attached hydrogen (secondary N) is 1. The summed E-state index contributed by atoms with van der Waals surface area (Å²) >= 11 is 0. The van der Waals surface area contributed by atoms with Crippen molar-refractivity contribution in [2.24, 2.45) is 0 Å². The molecule has 28 heavy (non-hydrogen) atoms. The molecular weight excluding hydrogens is 350 g/mol. The van der Waals surface area contributed by atoms with Crippen LogP contribution in [0, 0.1) is 0 Å². The van der Waals surface area contributed by atoms with Crippen molar-refractivity contribution in [2.75, 3.05) is 23.8 Å². The van der Waals surface area contributed by atoms with Crippen LogP contribution < -0.4 is 10.2 Å². The van der Waals surface area contributed by atoms with E-state index in [-0.39, 0.29) is 11.9 Å². The van der Waals surface area contributed by atoms with Crippen LogP contribution in [0.1, 0.15) is 18.4 Å². The van der Waals surface area contributed by atoms with Crippen LogP contribution >= 0.6 is 0 Å². The Morgan fingerprint density at radius 1 is 1.07 bits per heavy atom. The van der Waals surface area contributed by atoms with Crippen LogP contribution in [-0.2, 0) is 11.3 Å². The molecule has 5 heteroatoms. The monoisotopic (exact) mass is 373 g/mol. The molecule has 1 aliphatic heterocycles. The summed E-state index contributed by atoms with van der Waals surface area (Å²) in [6, 6.07) is 21.6. The van der Waals surface area contributed by atoms with Crippen LogP contribution in [0.3, 0.4) is 0 Å². The molecule has 1 aliphatic rings. The number of fused-ring (bicyclic) bond motifs is 1. The Kier molecular flexibility index (Phi) is 4.98. The lowest BCUT2D eigenvalue weighted by atomic mass is 10.0. The summed E-state index contributed by atoms with van der Waals surface area (Å²) in [6.45, 7) is 1.24. The fourth-order valence-electron chi connectivity index (χ4n) is 3.65. The maximum Gasteiger partial charge on any atom is 0.321 e. The summed E-state index contributed by atoms with van der Waals surface area (Å²) in [7, 11) is 1.78. The van der Waals surface area contributed by atoms with Crippen LogP contribution in [-0.4, -0.2) is 30.4 Å². The first-order valence-electron chi connectivity index (χ1n) is 9.51. The second-order valence-electron chi connectivity index (χ2n) is 7.12. The molecular formula is C23H23N3O2. The molecule has 0 aliphatic carbocycles. The van der Waals surface area contributed by atoms with E-state index < -0.39 is 0 Å². The molecule has 3 aromatic carbocycles. The van der Waals surface area contributed by atoms with E-state index in [9.17, 15) is 9.59 Å². The molecule has 3 amide bonds. The van der Waals surface area contributed by atoms with Crippen LogP contribution in [0.5, 0.6) is 0 Å². The van der Waals surface area contributed by atoms with Gasteiger partial charge in [0, 0.05) is 37.9 Å². The van der Waals surface area contributed by atoms with Crippen molar-refractivity contribution in [3.63, 3.8) is 0 Å². The minimum absolute atomic E-state index is 0.136. The number of urea groups is 1. The zero-order chi connectivity index (χ0) is 19.5. The molecule has 0 spiro atoms. The van der Waals surface area contributed by atoms with Crippen LogP contribution in [0.15, 0.2) is 66.7 Å². The molecule has 1 saturated heterocycles.